The van der Waals surface area contributed by atoms with E-state index in [0.29, 0.717) is 5.56 Å². The van der Waals surface area contributed by atoms with E-state index in [-0.39, 0.29) is 5.91 Å². The van der Waals surface area contributed by atoms with Gasteiger partial charge in [0.2, 0.25) is 0 Å². The fraction of sp³-hybridized carbons (Fsp3) is 0. The second-order valence-corrected chi connectivity index (χ2v) is 5.79. The monoisotopic (exact) mass is 324 g/mol. The van der Waals surface area contributed by atoms with E-state index >= 15 is 0 Å². The van der Waals surface area contributed by atoms with Crippen LogP contribution in [0.3, 0.4) is 0 Å². The van der Waals surface area contributed by atoms with Gasteiger partial charge in [-0.15, -0.1) is 0 Å². The van der Waals surface area contributed by atoms with E-state index in [4.69, 9.17) is 0 Å². The molecule has 0 heterocycles. The molecule has 1 amide bonds. The molecule has 0 aliphatic rings. The Bertz CT molecular complexity index is 1090. The number of amides is 1. The first-order valence-corrected chi connectivity index (χ1v) is 8.12. The van der Waals surface area contributed by atoms with Crippen LogP contribution in [0.5, 0.6) is 0 Å². The predicted octanol–water partition coefficient (Wildman–Crippen LogP) is 4.76. The fourth-order valence-corrected chi connectivity index (χ4v) is 3.01. The molecule has 4 aromatic carbocycles. The molecule has 0 radical (unpaired) electrons. The summed E-state index contributed by atoms with van der Waals surface area (Å²) in [7, 11) is 0. The summed E-state index contributed by atoms with van der Waals surface area (Å²) in [6, 6.07) is 27.6. The Morgan fingerprint density at radius 1 is 0.720 bits per heavy atom. The summed E-state index contributed by atoms with van der Waals surface area (Å²) < 4.78 is 0. The van der Waals surface area contributed by atoms with E-state index in [0.717, 1.165) is 27.1 Å². The molecular formula is C22H16N2O. The van der Waals surface area contributed by atoms with Crippen LogP contribution in [-0.4, -0.2) is 12.1 Å². The molecular weight excluding hydrogens is 308 g/mol. The third-order valence-corrected chi connectivity index (χ3v) is 4.23. The molecule has 0 fully saturated rings. The molecule has 0 saturated heterocycles. The minimum atomic E-state index is -0.215. The largest absolute Gasteiger partial charge is 0.271 e. The lowest BCUT2D eigenvalue weighted by Gasteiger charge is -2.05. The summed E-state index contributed by atoms with van der Waals surface area (Å²) in [5, 5.41) is 8.35. The van der Waals surface area contributed by atoms with Crippen LogP contribution in [0.2, 0.25) is 0 Å². The third-order valence-electron chi connectivity index (χ3n) is 4.23. The van der Waals surface area contributed by atoms with E-state index in [2.05, 4.69) is 22.7 Å². The number of fused-ring (bicyclic) bond motifs is 2. The molecule has 0 aliphatic carbocycles. The van der Waals surface area contributed by atoms with Crippen molar-refractivity contribution in [3.05, 3.63) is 96.1 Å². The quantitative estimate of drug-likeness (QED) is 0.428. The van der Waals surface area contributed by atoms with Gasteiger partial charge in [-0.25, -0.2) is 5.43 Å². The number of nitrogens with one attached hydrogen (secondary N) is 1. The molecule has 3 nitrogen and oxygen atoms in total. The van der Waals surface area contributed by atoms with Gasteiger partial charge in [0.05, 0.1) is 6.21 Å². The third kappa shape index (κ3) is 3.00. The van der Waals surface area contributed by atoms with Crippen LogP contribution in [0.25, 0.3) is 21.5 Å². The van der Waals surface area contributed by atoms with E-state index in [1.54, 1.807) is 6.21 Å². The van der Waals surface area contributed by atoms with Crippen LogP contribution in [0.4, 0.5) is 0 Å². The first-order chi connectivity index (χ1) is 12.3. The van der Waals surface area contributed by atoms with Gasteiger partial charge in [-0.1, -0.05) is 78.9 Å². The Balaban J connectivity index is 1.60. The van der Waals surface area contributed by atoms with Crippen molar-refractivity contribution in [2.45, 2.75) is 0 Å². The lowest BCUT2D eigenvalue weighted by atomic mass is 10.0. The summed E-state index contributed by atoms with van der Waals surface area (Å²) >= 11 is 0. The van der Waals surface area contributed by atoms with Gasteiger partial charge in [0.15, 0.2) is 0 Å². The van der Waals surface area contributed by atoms with Gasteiger partial charge in [0.25, 0.3) is 5.91 Å². The number of hydrazone groups is 1. The van der Waals surface area contributed by atoms with Crippen molar-refractivity contribution in [3.63, 3.8) is 0 Å². The lowest BCUT2D eigenvalue weighted by Crippen LogP contribution is -2.17. The zero-order chi connectivity index (χ0) is 17.1. The molecule has 3 heteroatoms. The lowest BCUT2D eigenvalue weighted by molar-refractivity contribution is 0.0957. The highest BCUT2D eigenvalue weighted by Crippen LogP contribution is 2.19. The number of nitrogens with zero attached hydrogens (tertiary/aromatic N) is 1. The highest BCUT2D eigenvalue weighted by molar-refractivity contribution is 6.07. The second-order valence-electron chi connectivity index (χ2n) is 5.79. The van der Waals surface area contributed by atoms with E-state index < -0.39 is 0 Å². The van der Waals surface area contributed by atoms with E-state index in [1.807, 2.05) is 72.8 Å². The highest BCUT2D eigenvalue weighted by Gasteiger charge is 2.08. The molecule has 0 atom stereocenters. The summed E-state index contributed by atoms with van der Waals surface area (Å²) in [5.74, 6) is -0.215. The maximum Gasteiger partial charge on any atom is 0.271 e. The average molecular weight is 324 g/mol. The van der Waals surface area contributed by atoms with Gasteiger partial charge in [-0.05, 0) is 27.6 Å². The predicted molar refractivity (Wildman–Crippen MR) is 103 cm³/mol. The van der Waals surface area contributed by atoms with Crippen LogP contribution >= 0.6 is 0 Å². The minimum absolute atomic E-state index is 0.215. The van der Waals surface area contributed by atoms with Gasteiger partial charge >= 0.3 is 0 Å². The molecule has 0 aromatic heterocycles. The zero-order valence-corrected chi connectivity index (χ0v) is 13.5. The smallest absolute Gasteiger partial charge is 0.267 e. The summed E-state index contributed by atoms with van der Waals surface area (Å²) in [6.07, 6.45) is 1.69. The highest BCUT2D eigenvalue weighted by atomic mass is 16.2. The standard InChI is InChI=1S/C22H16N2O/c25-22(21-14-6-10-17-8-2-4-13-20(17)21)24-23-15-18-11-5-9-16-7-1-3-12-19(16)18/h1-15H,(H,24,25). The van der Waals surface area contributed by atoms with Gasteiger partial charge in [-0.2, -0.15) is 5.10 Å². The maximum absolute atomic E-state index is 12.5. The Kier molecular flexibility index (Phi) is 3.97. The first-order valence-electron chi connectivity index (χ1n) is 8.12. The Hall–Kier alpha value is -3.46. The number of benzene rings is 4. The van der Waals surface area contributed by atoms with Crippen molar-refractivity contribution < 1.29 is 4.79 Å². The number of carbonyl (C=O) groups is 1. The van der Waals surface area contributed by atoms with Gasteiger partial charge in [-0.3, -0.25) is 4.79 Å². The molecule has 0 bridgehead atoms. The molecule has 4 aromatic rings. The van der Waals surface area contributed by atoms with Crippen molar-refractivity contribution in [1.29, 1.82) is 0 Å². The topological polar surface area (TPSA) is 41.5 Å². The summed E-state index contributed by atoms with van der Waals surface area (Å²) in [6.45, 7) is 0. The van der Waals surface area contributed by atoms with Crippen molar-refractivity contribution in [3.8, 4) is 0 Å². The first kappa shape index (κ1) is 15.1. The van der Waals surface area contributed by atoms with Crippen LogP contribution in [0.15, 0.2) is 90.0 Å². The Morgan fingerprint density at radius 2 is 1.32 bits per heavy atom. The zero-order valence-electron chi connectivity index (χ0n) is 13.5. The number of hydrogen-bond donors (Lipinski definition) is 1. The van der Waals surface area contributed by atoms with Crippen molar-refractivity contribution >= 4 is 33.7 Å². The molecule has 0 aliphatic heterocycles. The number of carbonyl (C=O) groups excluding carboxylic acids is 1. The number of hydrogen-bond acceptors (Lipinski definition) is 2. The molecule has 25 heavy (non-hydrogen) atoms. The van der Waals surface area contributed by atoms with Crippen LogP contribution in [-0.2, 0) is 0 Å². The second kappa shape index (κ2) is 6.57. The van der Waals surface area contributed by atoms with Gasteiger partial charge in [0.1, 0.15) is 0 Å². The van der Waals surface area contributed by atoms with Crippen LogP contribution in [0.1, 0.15) is 15.9 Å². The SMILES string of the molecule is O=C(NN=Cc1cccc2ccccc12)c1cccc2ccccc12. The fourth-order valence-electron chi connectivity index (χ4n) is 3.01. The van der Waals surface area contributed by atoms with Crippen molar-refractivity contribution in [2.24, 2.45) is 5.10 Å². The van der Waals surface area contributed by atoms with Crippen LogP contribution < -0.4 is 5.43 Å². The summed E-state index contributed by atoms with van der Waals surface area (Å²) in [4.78, 5) is 12.5. The summed E-state index contributed by atoms with van der Waals surface area (Å²) in [5.41, 5.74) is 4.22. The molecule has 120 valence electrons. The van der Waals surface area contributed by atoms with Gasteiger partial charge < -0.3 is 0 Å². The molecule has 1 N–H and O–H groups in total. The maximum atomic E-state index is 12.5. The molecule has 4 rings (SSSR count). The molecule has 0 spiro atoms. The molecule has 0 unspecified atom stereocenters. The van der Waals surface area contributed by atoms with E-state index in [9.17, 15) is 4.79 Å². The van der Waals surface area contributed by atoms with E-state index in [1.165, 1.54) is 0 Å². The normalized spacial score (nSPS) is 11.2. The number of rotatable bonds is 3. The average Bonchev–Trinajstić information content (AvgIpc) is 2.67. The minimum Gasteiger partial charge on any atom is -0.267 e. The van der Waals surface area contributed by atoms with Crippen molar-refractivity contribution in [1.82, 2.24) is 5.43 Å². The Morgan fingerprint density at radius 3 is 2.12 bits per heavy atom. The molecule has 0 saturated carbocycles. The Labute approximate surface area is 145 Å². The van der Waals surface area contributed by atoms with Crippen molar-refractivity contribution in [2.75, 3.05) is 0 Å². The van der Waals surface area contributed by atoms with Gasteiger partial charge in [0, 0.05) is 11.1 Å². The van der Waals surface area contributed by atoms with Crippen LogP contribution in [0, 0.1) is 0 Å².